The summed E-state index contributed by atoms with van der Waals surface area (Å²) in [5, 5.41) is 22.8. The molecule has 4 heteroatoms. The molecule has 0 aliphatic carbocycles. The van der Waals surface area contributed by atoms with Gasteiger partial charge in [0.25, 0.3) is 0 Å². The molecular weight excluding hydrogens is 238 g/mol. The maximum atomic E-state index is 9.95. The maximum absolute atomic E-state index is 9.95. The molecule has 0 radical (unpaired) electrons. The van der Waals surface area contributed by atoms with Crippen LogP contribution in [0.2, 0.25) is 5.02 Å². The molecule has 2 unspecified atom stereocenters. The van der Waals surface area contributed by atoms with Crippen molar-refractivity contribution in [1.29, 1.82) is 0 Å². The molecule has 1 aromatic rings. The summed E-state index contributed by atoms with van der Waals surface area (Å²) < 4.78 is 0. The molecule has 0 aliphatic rings. The molecule has 3 nitrogen and oxygen atoms in total. The lowest BCUT2D eigenvalue weighted by molar-refractivity contribution is 0.170. The second kappa shape index (κ2) is 6.84. The van der Waals surface area contributed by atoms with E-state index in [1.165, 1.54) is 6.07 Å². The summed E-state index contributed by atoms with van der Waals surface area (Å²) in [6.07, 6.45) is 1.60. The van der Waals surface area contributed by atoms with Crippen molar-refractivity contribution in [3.63, 3.8) is 0 Å². The molecule has 96 valence electrons. The second-order valence-corrected chi connectivity index (χ2v) is 4.73. The number of aliphatic hydroxyl groups is 1. The van der Waals surface area contributed by atoms with Crippen LogP contribution in [0.5, 0.6) is 5.75 Å². The summed E-state index contributed by atoms with van der Waals surface area (Å²) in [5.41, 5.74) is 0.712. The number of phenols is 1. The number of hydrogen-bond acceptors (Lipinski definition) is 3. The summed E-state index contributed by atoms with van der Waals surface area (Å²) in [7, 11) is 0. The predicted molar refractivity (Wildman–Crippen MR) is 70.4 cm³/mol. The highest BCUT2D eigenvalue weighted by Gasteiger charge is 2.10. The highest BCUT2D eigenvalue weighted by molar-refractivity contribution is 6.32. The SMILES string of the molecule is CCCC(C)NCC(O)c1ccc(O)c(Cl)c1. The second-order valence-electron chi connectivity index (χ2n) is 4.32. The van der Waals surface area contributed by atoms with Gasteiger partial charge < -0.3 is 15.5 Å². The molecule has 0 heterocycles. The van der Waals surface area contributed by atoms with E-state index < -0.39 is 6.10 Å². The van der Waals surface area contributed by atoms with Crippen LogP contribution in [0, 0.1) is 0 Å². The van der Waals surface area contributed by atoms with Crippen molar-refractivity contribution in [1.82, 2.24) is 5.32 Å². The average Bonchev–Trinajstić information content (AvgIpc) is 2.30. The normalized spacial score (nSPS) is 14.6. The van der Waals surface area contributed by atoms with E-state index in [4.69, 9.17) is 11.6 Å². The van der Waals surface area contributed by atoms with Crippen LogP contribution in [0.25, 0.3) is 0 Å². The lowest BCUT2D eigenvalue weighted by Gasteiger charge is -2.17. The third-order valence-corrected chi connectivity index (χ3v) is 3.04. The number of rotatable bonds is 6. The molecule has 0 fully saturated rings. The van der Waals surface area contributed by atoms with Crippen molar-refractivity contribution in [2.24, 2.45) is 0 Å². The molecule has 2 atom stereocenters. The number of aliphatic hydroxyl groups excluding tert-OH is 1. The molecule has 17 heavy (non-hydrogen) atoms. The van der Waals surface area contributed by atoms with Crippen LogP contribution in [0.4, 0.5) is 0 Å². The standard InChI is InChI=1S/C13H20ClNO2/c1-3-4-9(2)15-8-13(17)10-5-6-12(16)11(14)7-10/h5-7,9,13,15-17H,3-4,8H2,1-2H3. The molecule has 0 saturated heterocycles. The third-order valence-electron chi connectivity index (χ3n) is 2.74. The van der Waals surface area contributed by atoms with Crippen LogP contribution >= 0.6 is 11.6 Å². The van der Waals surface area contributed by atoms with Gasteiger partial charge in [-0.1, -0.05) is 31.0 Å². The third kappa shape index (κ3) is 4.54. The van der Waals surface area contributed by atoms with E-state index in [2.05, 4.69) is 19.2 Å². The molecule has 0 spiro atoms. The first-order valence-electron chi connectivity index (χ1n) is 5.94. The molecule has 0 aromatic heterocycles. The fourth-order valence-corrected chi connectivity index (χ4v) is 1.89. The Labute approximate surface area is 107 Å². The van der Waals surface area contributed by atoms with Crippen LogP contribution < -0.4 is 5.32 Å². The monoisotopic (exact) mass is 257 g/mol. The number of benzene rings is 1. The van der Waals surface area contributed by atoms with Crippen molar-refractivity contribution in [3.8, 4) is 5.75 Å². The van der Waals surface area contributed by atoms with E-state index in [-0.39, 0.29) is 10.8 Å². The van der Waals surface area contributed by atoms with Gasteiger partial charge in [-0.2, -0.15) is 0 Å². The Kier molecular flexibility index (Phi) is 5.75. The first-order valence-corrected chi connectivity index (χ1v) is 6.32. The van der Waals surface area contributed by atoms with Crippen LogP contribution in [0.1, 0.15) is 38.4 Å². The quantitative estimate of drug-likeness (QED) is 0.735. The Hall–Kier alpha value is -0.770. The molecule has 0 bridgehead atoms. The summed E-state index contributed by atoms with van der Waals surface area (Å²) in [6.45, 7) is 4.72. The Morgan fingerprint density at radius 1 is 1.41 bits per heavy atom. The van der Waals surface area contributed by atoms with E-state index in [9.17, 15) is 10.2 Å². The van der Waals surface area contributed by atoms with Gasteiger partial charge in [-0.25, -0.2) is 0 Å². The lowest BCUT2D eigenvalue weighted by atomic mass is 10.1. The van der Waals surface area contributed by atoms with Crippen LogP contribution in [-0.4, -0.2) is 22.8 Å². The lowest BCUT2D eigenvalue weighted by Crippen LogP contribution is -2.30. The Morgan fingerprint density at radius 2 is 2.12 bits per heavy atom. The van der Waals surface area contributed by atoms with Gasteiger partial charge in [0.1, 0.15) is 5.75 Å². The zero-order chi connectivity index (χ0) is 12.8. The van der Waals surface area contributed by atoms with Crippen molar-refractivity contribution in [3.05, 3.63) is 28.8 Å². The van der Waals surface area contributed by atoms with Crippen LogP contribution in [-0.2, 0) is 0 Å². The van der Waals surface area contributed by atoms with Gasteiger partial charge in [-0.3, -0.25) is 0 Å². The smallest absolute Gasteiger partial charge is 0.134 e. The molecule has 3 N–H and O–H groups in total. The van der Waals surface area contributed by atoms with Gasteiger partial charge in [0, 0.05) is 12.6 Å². The fraction of sp³-hybridized carbons (Fsp3) is 0.538. The van der Waals surface area contributed by atoms with E-state index in [0.717, 1.165) is 12.8 Å². The molecule has 0 aliphatic heterocycles. The number of aromatic hydroxyl groups is 1. The Balaban J connectivity index is 2.52. The number of phenolic OH excluding ortho intramolecular Hbond substituents is 1. The van der Waals surface area contributed by atoms with Crippen LogP contribution in [0.3, 0.4) is 0 Å². The minimum absolute atomic E-state index is 0.0370. The molecule has 0 saturated carbocycles. The van der Waals surface area contributed by atoms with Gasteiger partial charge in [0.05, 0.1) is 11.1 Å². The zero-order valence-corrected chi connectivity index (χ0v) is 11.0. The minimum atomic E-state index is -0.604. The van der Waals surface area contributed by atoms with Crippen molar-refractivity contribution in [2.75, 3.05) is 6.54 Å². The topological polar surface area (TPSA) is 52.5 Å². The molecular formula is C13H20ClNO2. The first kappa shape index (κ1) is 14.3. The summed E-state index contributed by atoms with van der Waals surface area (Å²) in [6, 6.07) is 5.16. The predicted octanol–water partition coefficient (Wildman–Crippen LogP) is 2.86. The molecule has 1 aromatic carbocycles. The molecule has 0 amide bonds. The van der Waals surface area contributed by atoms with Crippen LogP contribution in [0.15, 0.2) is 18.2 Å². The van der Waals surface area contributed by atoms with Gasteiger partial charge in [0.15, 0.2) is 0 Å². The number of nitrogens with one attached hydrogen (secondary N) is 1. The summed E-state index contributed by atoms with van der Waals surface area (Å²) in [4.78, 5) is 0. The Morgan fingerprint density at radius 3 is 2.71 bits per heavy atom. The molecule has 1 rings (SSSR count). The summed E-state index contributed by atoms with van der Waals surface area (Å²) >= 11 is 5.79. The maximum Gasteiger partial charge on any atom is 0.134 e. The van der Waals surface area contributed by atoms with E-state index in [1.54, 1.807) is 12.1 Å². The van der Waals surface area contributed by atoms with Gasteiger partial charge >= 0.3 is 0 Å². The average molecular weight is 258 g/mol. The van der Waals surface area contributed by atoms with Crippen molar-refractivity contribution < 1.29 is 10.2 Å². The van der Waals surface area contributed by atoms with E-state index in [0.29, 0.717) is 18.2 Å². The summed E-state index contributed by atoms with van der Waals surface area (Å²) in [5.74, 6) is 0.0370. The number of halogens is 1. The van der Waals surface area contributed by atoms with Crippen molar-refractivity contribution >= 4 is 11.6 Å². The fourth-order valence-electron chi connectivity index (χ4n) is 1.70. The van der Waals surface area contributed by atoms with Crippen molar-refractivity contribution in [2.45, 2.75) is 38.8 Å². The van der Waals surface area contributed by atoms with Gasteiger partial charge in [0.2, 0.25) is 0 Å². The first-order chi connectivity index (χ1) is 8.04. The Bertz CT molecular complexity index is 357. The van der Waals surface area contributed by atoms with E-state index in [1.807, 2.05) is 0 Å². The minimum Gasteiger partial charge on any atom is -0.506 e. The zero-order valence-electron chi connectivity index (χ0n) is 10.3. The number of hydrogen-bond donors (Lipinski definition) is 3. The highest BCUT2D eigenvalue weighted by atomic mass is 35.5. The van der Waals surface area contributed by atoms with Gasteiger partial charge in [-0.05, 0) is 31.0 Å². The van der Waals surface area contributed by atoms with E-state index >= 15 is 0 Å². The van der Waals surface area contributed by atoms with Gasteiger partial charge in [-0.15, -0.1) is 0 Å². The largest absolute Gasteiger partial charge is 0.506 e. The highest BCUT2D eigenvalue weighted by Crippen LogP contribution is 2.26.